The molecule has 0 aromatic rings. The second-order valence-corrected chi connectivity index (χ2v) is 7.62. The van der Waals surface area contributed by atoms with Crippen molar-refractivity contribution >= 4 is 23.3 Å². The van der Waals surface area contributed by atoms with Gasteiger partial charge in [0.1, 0.15) is 5.78 Å². The molecule has 144 valence electrons. The Morgan fingerprint density at radius 3 is 1.96 bits per heavy atom. The van der Waals surface area contributed by atoms with Crippen molar-refractivity contribution in [2.75, 3.05) is 6.54 Å². The SMILES string of the molecule is CCCC(CC(=O)CNC(=O)C(=O)C(CCC)NC(C)(C)C)C(C)=O. The molecule has 0 rings (SSSR count). The van der Waals surface area contributed by atoms with Crippen molar-refractivity contribution in [1.29, 1.82) is 0 Å². The first-order valence-electron chi connectivity index (χ1n) is 9.13. The van der Waals surface area contributed by atoms with Crippen LogP contribution in [0.5, 0.6) is 0 Å². The molecule has 0 saturated carbocycles. The first kappa shape index (κ1) is 23.4. The van der Waals surface area contributed by atoms with Gasteiger partial charge in [0.05, 0.1) is 12.6 Å². The van der Waals surface area contributed by atoms with Crippen LogP contribution in [0, 0.1) is 5.92 Å². The van der Waals surface area contributed by atoms with Crippen LogP contribution in [-0.2, 0) is 19.2 Å². The molecule has 25 heavy (non-hydrogen) atoms. The summed E-state index contributed by atoms with van der Waals surface area (Å²) >= 11 is 0. The summed E-state index contributed by atoms with van der Waals surface area (Å²) < 4.78 is 0. The van der Waals surface area contributed by atoms with E-state index in [1.165, 1.54) is 6.92 Å². The molecule has 0 bridgehead atoms. The number of nitrogens with one attached hydrogen (secondary N) is 2. The maximum atomic E-state index is 12.3. The summed E-state index contributed by atoms with van der Waals surface area (Å²) in [6, 6.07) is -0.565. The van der Waals surface area contributed by atoms with Gasteiger partial charge in [-0.25, -0.2) is 0 Å². The monoisotopic (exact) mass is 354 g/mol. The van der Waals surface area contributed by atoms with E-state index in [-0.39, 0.29) is 36.0 Å². The molecule has 0 fully saturated rings. The van der Waals surface area contributed by atoms with Crippen LogP contribution in [0.25, 0.3) is 0 Å². The summed E-state index contributed by atoms with van der Waals surface area (Å²) in [7, 11) is 0. The first-order valence-corrected chi connectivity index (χ1v) is 9.13. The molecular weight excluding hydrogens is 320 g/mol. The smallest absolute Gasteiger partial charge is 0.289 e. The van der Waals surface area contributed by atoms with Gasteiger partial charge in [-0.1, -0.05) is 26.7 Å². The van der Waals surface area contributed by atoms with Crippen LogP contribution in [0.15, 0.2) is 0 Å². The second kappa shape index (κ2) is 11.1. The third kappa shape index (κ3) is 10.1. The van der Waals surface area contributed by atoms with Crippen molar-refractivity contribution in [3.8, 4) is 0 Å². The Kier molecular flexibility index (Phi) is 10.4. The number of amides is 1. The number of hydrogen-bond donors (Lipinski definition) is 2. The Hall–Kier alpha value is -1.56. The minimum atomic E-state index is -0.751. The molecule has 6 nitrogen and oxygen atoms in total. The number of carbonyl (C=O) groups is 4. The average Bonchev–Trinajstić information content (AvgIpc) is 2.49. The highest BCUT2D eigenvalue weighted by atomic mass is 16.2. The number of hydrogen-bond acceptors (Lipinski definition) is 5. The Morgan fingerprint density at radius 1 is 0.960 bits per heavy atom. The van der Waals surface area contributed by atoms with Crippen molar-refractivity contribution in [3.63, 3.8) is 0 Å². The molecule has 0 aliphatic rings. The van der Waals surface area contributed by atoms with E-state index >= 15 is 0 Å². The normalized spacial score (nSPS) is 13.8. The van der Waals surface area contributed by atoms with Gasteiger partial charge in [-0.05, 0) is 40.5 Å². The van der Waals surface area contributed by atoms with Gasteiger partial charge in [-0.3, -0.25) is 19.2 Å². The van der Waals surface area contributed by atoms with Gasteiger partial charge in [0.2, 0.25) is 5.78 Å². The summed E-state index contributed by atoms with van der Waals surface area (Å²) in [6.07, 6.45) is 2.90. The zero-order valence-corrected chi connectivity index (χ0v) is 16.5. The van der Waals surface area contributed by atoms with E-state index in [1.807, 2.05) is 34.6 Å². The van der Waals surface area contributed by atoms with Crippen molar-refractivity contribution < 1.29 is 19.2 Å². The third-order valence-corrected chi connectivity index (χ3v) is 3.86. The summed E-state index contributed by atoms with van der Waals surface area (Å²) in [6.45, 7) is 11.0. The Labute approximate surface area is 151 Å². The van der Waals surface area contributed by atoms with E-state index in [9.17, 15) is 19.2 Å². The average molecular weight is 354 g/mol. The van der Waals surface area contributed by atoms with Crippen LogP contribution in [0.1, 0.15) is 73.6 Å². The van der Waals surface area contributed by atoms with Crippen LogP contribution in [-0.4, -0.2) is 41.4 Å². The van der Waals surface area contributed by atoms with Crippen LogP contribution >= 0.6 is 0 Å². The maximum Gasteiger partial charge on any atom is 0.289 e. The van der Waals surface area contributed by atoms with Gasteiger partial charge < -0.3 is 10.6 Å². The fraction of sp³-hybridized carbons (Fsp3) is 0.789. The van der Waals surface area contributed by atoms with E-state index in [4.69, 9.17) is 0 Å². The van der Waals surface area contributed by atoms with E-state index in [0.29, 0.717) is 12.8 Å². The van der Waals surface area contributed by atoms with Crippen LogP contribution in [0.3, 0.4) is 0 Å². The number of carbonyl (C=O) groups excluding carboxylic acids is 4. The summed E-state index contributed by atoms with van der Waals surface area (Å²) in [5, 5.41) is 5.55. The van der Waals surface area contributed by atoms with Crippen molar-refractivity contribution in [2.24, 2.45) is 5.92 Å². The molecule has 0 radical (unpaired) electrons. The van der Waals surface area contributed by atoms with E-state index in [2.05, 4.69) is 10.6 Å². The Balaban J connectivity index is 4.62. The highest BCUT2D eigenvalue weighted by molar-refractivity contribution is 6.38. The molecule has 0 spiro atoms. The molecule has 1 amide bonds. The summed E-state index contributed by atoms with van der Waals surface area (Å²) in [5.74, 6) is -1.86. The zero-order chi connectivity index (χ0) is 19.6. The van der Waals surface area contributed by atoms with Gasteiger partial charge in [0.15, 0.2) is 5.78 Å². The molecule has 2 N–H and O–H groups in total. The number of Topliss-reactive ketones (excluding diaryl/α,β-unsaturated/α-hetero) is 3. The summed E-state index contributed by atoms with van der Waals surface area (Å²) in [5.41, 5.74) is -0.291. The van der Waals surface area contributed by atoms with Gasteiger partial charge in [-0.2, -0.15) is 0 Å². The van der Waals surface area contributed by atoms with Crippen molar-refractivity contribution in [1.82, 2.24) is 10.6 Å². The summed E-state index contributed by atoms with van der Waals surface area (Å²) in [4.78, 5) is 47.9. The predicted molar refractivity (Wildman–Crippen MR) is 98.3 cm³/mol. The van der Waals surface area contributed by atoms with Crippen LogP contribution in [0.4, 0.5) is 0 Å². The molecule has 2 atom stereocenters. The number of rotatable bonds is 12. The van der Waals surface area contributed by atoms with Gasteiger partial charge in [0.25, 0.3) is 5.91 Å². The van der Waals surface area contributed by atoms with E-state index < -0.39 is 17.7 Å². The predicted octanol–water partition coefficient (Wildman–Crippen LogP) is 2.19. The Bertz CT molecular complexity index is 480. The first-order chi connectivity index (χ1) is 11.5. The fourth-order valence-corrected chi connectivity index (χ4v) is 2.65. The third-order valence-electron chi connectivity index (χ3n) is 3.86. The highest BCUT2D eigenvalue weighted by Gasteiger charge is 2.28. The zero-order valence-electron chi connectivity index (χ0n) is 16.5. The second-order valence-electron chi connectivity index (χ2n) is 7.62. The molecule has 0 saturated heterocycles. The molecule has 0 aliphatic carbocycles. The highest BCUT2D eigenvalue weighted by Crippen LogP contribution is 2.12. The lowest BCUT2D eigenvalue weighted by atomic mass is 9.93. The molecule has 6 heteroatoms. The van der Waals surface area contributed by atoms with Crippen molar-refractivity contribution in [3.05, 3.63) is 0 Å². The largest absolute Gasteiger partial charge is 0.342 e. The number of ketones is 3. The lowest BCUT2D eigenvalue weighted by molar-refractivity contribution is -0.140. The van der Waals surface area contributed by atoms with Gasteiger partial charge in [-0.15, -0.1) is 0 Å². The van der Waals surface area contributed by atoms with Gasteiger partial charge in [0, 0.05) is 17.9 Å². The molecule has 2 unspecified atom stereocenters. The fourth-order valence-electron chi connectivity index (χ4n) is 2.65. The minimum absolute atomic E-state index is 0.0185. The quantitative estimate of drug-likeness (QED) is 0.524. The molecule has 0 heterocycles. The van der Waals surface area contributed by atoms with Crippen LogP contribution < -0.4 is 10.6 Å². The van der Waals surface area contributed by atoms with Gasteiger partial charge >= 0.3 is 0 Å². The van der Waals surface area contributed by atoms with E-state index in [1.54, 1.807) is 0 Å². The maximum absolute atomic E-state index is 12.3. The molecular formula is C19H34N2O4. The van der Waals surface area contributed by atoms with E-state index in [0.717, 1.165) is 12.8 Å². The van der Waals surface area contributed by atoms with Crippen molar-refractivity contribution in [2.45, 2.75) is 85.2 Å². The topological polar surface area (TPSA) is 92.3 Å². The molecule has 0 aromatic heterocycles. The minimum Gasteiger partial charge on any atom is -0.342 e. The van der Waals surface area contributed by atoms with Crippen LogP contribution in [0.2, 0.25) is 0 Å². The lowest BCUT2D eigenvalue weighted by Gasteiger charge is -2.27. The standard InChI is InChI=1S/C19H34N2O4/c1-7-9-14(13(3)22)11-15(23)12-20-18(25)17(24)16(10-8-2)21-19(4,5)6/h14,16,21H,7-12H2,1-6H3,(H,20,25). The molecule has 0 aliphatic heterocycles. The molecule has 0 aromatic carbocycles. The Morgan fingerprint density at radius 2 is 1.52 bits per heavy atom. The lowest BCUT2D eigenvalue weighted by Crippen LogP contribution is -2.52.